The van der Waals surface area contributed by atoms with Crippen molar-refractivity contribution in [1.82, 2.24) is 5.32 Å². The van der Waals surface area contributed by atoms with Gasteiger partial charge in [-0.25, -0.2) is 0 Å². The lowest BCUT2D eigenvalue weighted by molar-refractivity contribution is -0.00940. The van der Waals surface area contributed by atoms with Gasteiger partial charge in [0.15, 0.2) is 0 Å². The summed E-state index contributed by atoms with van der Waals surface area (Å²) < 4.78 is 5.86. The monoisotopic (exact) mass is 213 g/mol. The van der Waals surface area contributed by atoms with Gasteiger partial charge in [0.2, 0.25) is 0 Å². The fourth-order valence-electron chi connectivity index (χ4n) is 2.38. The topological polar surface area (TPSA) is 21.3 Å². The highest BCUT2D eigenvalue weighted by molar-refractivity contribution is 4.79. The Kier molecular flexibility index (Phi) is 7.03. The zero-order chi connectivity index (χ0) is 10.9. The number of ether oxygens (including phenoxy) is 1. The molecule has 2 heteroatoms. The summed E-state index contributed by atoms with van der Waals surface area (Å²) in [5, 5.41) is 3.59. The summed E-state index contributed by atoms with van der Waals surface area (Å²) in [6.07, 6.45) is 9.63. The lowest BCUT2D eigenvalue weighted by Crippen LogP contribution is -2.42. The number of likely N-dealkylation sites (N-methyl/N-ethyl adjacent to an activating group) is 1. The van der Waals surface area contributed by atoms with E-state index in [9.17, 15) is 0 Å². The van der Waals surface area contributed by atoms with Crippen molar-refractivity contribution in [1.29, 1.82) is 0 Å². The maximum Gasteiger partial charge on any atom is 0.0728 e. The number of nitrogens with one attached hydrogen (secondary N) is 1. The van der Waals surface area contributed by atoms with Crippen LogP contribution in [-0.4, -0.2) is 25.3 Å². The van der Waals surface area contributed by atoms with Gasteiger partial charge in [-0.15, -0.1) is 0 Å². The van der Waals surface area contributed by atoms with E-state index in [0.29, 0.717) is 12.1 Å². The molecule has 15 heavy (non-hydrogen) atoms. The Labute approximate surface area is 94.8 Å². The molecule has 0 saturated carbocycles. The average molecular weight is 213 g/mol. The van der Waals surface area contributed by atoms with Gasteiger partial charge in [0.1, 0.15) is 0 Å². The molecule has 1 N–H and O–H groups in total. The van der Waals surface area contributed by atoms with Crippen molar-refractivity contribution < 1.29 is 4.74 Å². The lowest BCUT2D eigenvalue weighted by atomic mass is 9.97. The minimum Gasteiger partial charge on any atom is -0.377 e. The first-order chi connectivity index (χ1) is 7.38. The van der Waals surface area contributed by atoms with Crippen LogP contribution in [0.5, 0.6) is 0 Å². The van der Waals surface area contributed by atoms with Crippen LogP contribution in [0.3, 0.4) is 0 Å². The van der Waals surface area contributed by atoms with E-state index in [1.165, 1.54) is 44.9 Å². The Hall–Kier alpha value is -0.0800. The Morgan fingerprint density at radius 2 is 2.13 bits per heavy atom. The summed E-state index contributed by atoms with van der Waals surface area (Å²) in [4.78, 5) is 0. The molecule has 0 bridgehead atoms. The van der Waals surface area contributed by atoms with Gasteiger partial charge < -0.3 is 10.1 Å². The first-order valence-corrected chi connectivity index (χ1v) is 6.73. The molecule has 0 aliphatic carbocycles. The highest BCUT2D eigenvalue weighted by Gasteiger charge is 2.22. The third-order valence-corrected chi connectivity index (χ3v) is 3.25. The van der Waals surface area contributed by atoms with Crippen LogP contribution in [-0.2, 0) is 4.74 Å². The lowest BCUT2D eigenvalue weighted by Gasteiger charge is -2.31. The molecule has 2 unspecified atom stereocenters. The van der Waals surface area contributed by atoms with E-state index in [1.54, 1.807) is 0 Å². The Morgan fingerprint density at radius 3 is 2.73 bits per heavy atom. The molecule has 0 amide bonds. The first kappa shape index (κ1) is 13.0. The van der Waals surface area contributed by atoms with Gasteiger partial charge in [0, 0.05) is 12.6 Å². The van der Waals surface area contributed by atoms with Crippen molar-refractivity contribution >= 4 is 0 Å². The minimum atomic E-state index is 0.482. The molecule has 1 aliphatic rings. The summed E-state index contributed by atoms with van der Waals surface area (Å²) >= 11 is 0. The van der Waals surface area contributed by atoms with Crippen LogP contribution in [0, 0.1) is 0 Å². The maximum atomic E-state index is 5.86. The second kappa shape index (κ2) is 8.12. The number of unbranched alkanes of at least 4 members (excludes halogenated alkanes) is 2. The molecule has 2 nitrogen and oxygen atoms in total. The van der Waals surface area contributed by atoms with Crippen molar-refractivity contribution in [2.75, 3.05) is 13.2 Å². The molecule has 1 rings (SSSR count). The standard InChI is InChI=1S/C13H27NO/c1-3-5-6-9-12(14-4-2)13-10-7-8-11-15-13/h12-14H,3-11H2,1-2H3. The van der Waals surface area contributed by atoms with Gasteiger partial charge in [-0.3, -0.25) is 0 Å². The molecule has 90 valence electrons. The highest BCUT2D eigenvalue weighted by Crippen LogP contribution is 2.19. The fourth-order valence-corrected chi connectivity index (χ4v) is 2.38. The fraction of sp³-hybridized carbons (Fsp3) is 1.00. The quantitative estimate of drug-likeness (QED) is 0.656. The van der Waals surface area contributed by atoms with Crippen LogP contribution in [0.4, 0.5) is 0 Å². The molecule has 0 aromatic rings. The maximum absolute atomic E-state index is 5.86. The molecule has 1 saturated heterocycles. The number of hydrogen-bond donors (Lipinski definition) is 1. The number of hydrogen-bond acceptors (Lipinski definition) is 2. The average Bonchev–Trinajstić information content (AvgIpc) is 2.29. The van der Waals surface area contributed by atoms with Gasteiger partial charge >= 0.3 is 0 Å². The van der Waals surface area contributed by atoms with Gasteiger partial charge in [-0.2, -0.15) is 0 Å². The predicted octanol–water partition coefficient (Wildman–Crippen LogP) is 3.11. The third-order valence-electron chi connectivity index (χ3n) is 3.25. The second-order valence-electron chi connectivity index (χ2n) is 4.56. The van der Waals surface area contributed by atoms with E-state index < -0.39 is 0 Å². The summed E-state index contributed by atoms with van der Waals surface area (Å²) in [5.41, 5.74) is 0. The van der Waals surface area contributed by atoms with Crippen molar-refractivity contribution in [2.45, 2.75) is 70.9 Å². The minimum absolute atomic E-state index is 0.482. The normalized spacial score (nSPS) is 24.0. The molecule has 1 fully saturated rings. The molecule has 0 aromatic heterocycles. The van der Waals surface area contributed by atoms with E-state index in [2.05, 4.69) is 19.2 Å². The number of rotatable bonds is 7. The third kappa shape index (κ3) is 4.98. The van der Waals surface area contributed by atoms with Crippen LogP contribution >= 0.6 is 0 Å². The summed E-state index contributed by atoms with van der Waals surface area (Å²) in [5.74, 6) is 0. The van der Waals surface area contributed by atoms with E-state index in [4.69, 9.17) is 4.74 Å². The highest BCUT2D eigenvalue weighted by atomic mass is 16.5. The summed E-state index contributed by atoms with van der Waals surface area (Å²) in [6.45, 7) is 6.49. The molecule has 1 aliphatic heterocycles. The van der Waals surface area contributed by atoms with Crippen molar-refractivity contribution in [3.63, 3.8) is 0 Å². The molecule has 0 radical (unpaired) electrons. The molecule has 0 spiro atoms. The van der Waals surface area contributed by atoms with E-state index >= 15 is 0 Å². The summed E-state index contributed by atoms with van der Waals surface area (Å²) in [7, 11) is 0. The molecule has 0 aromatic carbocycles. The Morgan fingerprint density at radius 1 is 1.27 bits per heavy atom. The van der Waals surface area contributed by atoms with Crippen molar-refractivity contribution in [3.05, 3.63) is 0 Å². The van der Waals surface area contributed by atoms with Gasteiger partial charge in [0.05, 0.1) is 6.10 Å². The van der Waals surface area contributed by atoms with Gasteiger partial charge in [-0.05, 0) is 32.2 Å². The Bertz CT molecular complexity index is 143. The predicted molar refractivity (Wildman–Crippen MR) is 65.2 cm³/mol. The van der Waals surface area contributed by atoms with Gasteiger partial charge in [0.25, 0.3) is 0 Å². The smallest absolute Gasteiger partial charge is 0.0728 e. The second-order valence-corrected chi connectivity index (χ2v) is 4.56. The van der Waals surface area contributed by atoms with Gasteiger partial charge in [-0.1, -0.05) is 33.1 Å². The van der Waals surface area contributed by atoms with E-state index in [0.717, 1.165) is 13.2 Å². The zero-order valence-electron chi connectivity index (χ0n) is 10.4. The summed E-state index contributed by atoms with van der Waals surface area (Å²) in [6, 6.07) is 0.599. The van der Waals surface area contributed by atoms with Crippen molar-refractivity contribution in [2.24, 2.45) is 0 Å². The molecular formula is C13H27NO. The largest absolute Gasteiger partial charge is 0.377 e. The van der Waals surface area contributed by atoms with Crippen LogP contribution in [0.2, 0.25) is 0 Å². The van der Waals surface area contributed by atoms with E-state index in [1.807, 2.05) is 0 Å². The van der Waals surface area contributed by atoms with Crippen LogP contribution in [0.25, 0.3) is 0 Å². The zero-order valence-corrected chi connectivity index (χ0v) is 10.4. The van der Waals surface area contributed by atoms with E-state index in [-0.39, 0.29) is 0 Å². The van der Waals surface area contributed by atoms with Crippen LogP contribution in [0.1, 0.15) is 58.8 Å². The van der Waals surface area contributed by atoms with Crippen LogP contribution in [0.15, 0.2) is 0 Å². The Balaban J connectivity index is 2.26. The molecule has 2 atom stereocenters. The molecular weight excluding hydrogens is 186 g/mol. The van der Waals surface area contributed by atoms with Crippen LogP contribution < -0.4 is 5.32 Å². The molecule has 1 heterocycles. The first-order valence-electron chi connectivity index (χ1n) is 6.73. The SMILES string of the molecule is CCCCCC(NCC)C1CCCCO1. The van der Waals surface area contributed by atoms with Crippen molar-refractivity contribution in [3.8, 4) is 0 Å².